The predicted octanol–water partition coefficient (Wildman–Crippen LogP) is 2.87. The summed E-state index contributed by atoms with van der Waals surface area (Å²) in [5.41, 5.74) is 1.86. The van der Waals surface area contributed by atoms with Crippen LogP contribution in [0, 0.1) is 13.8 Å². The SMILES string of the molecule is Cc1cc(SCCCCO)cc(C)c1O. The number of rotatable bonds is 5. The molecule has 0 radical (unpaired) electrons. The van der Waals surface area contributed by atoms with Crippen LogP contribution >= 0.6 is 11.8 Å². The first-order chi connectivity index (χ1) is 7.15. The highest BCUT2D eigenvalue weighted by Gasteiger charge is 2.03. The van der Waals surface area contributed by atoms with Crippen LogP contribution in [-0.4, -0.2) is 22.6 Å². The van der Waals surface area contributed by atoms with Gasteiger partial charge in [-0.15, -0.1) is 11.8 Å². The molecule has 0 amide bonds. The Morgan fingerprint density at radius 3 is 2.27 bits per heavy atom. The summed E-state index contributed by atoms with van der Waals surface area (Å²) < 4.78 is 0. The van der Waals surface area contributed by atoms with E-state index in [1.54, 1.807) is 11.8 Å². The zero-order valence-corrected chi connectivity index (χ0v) is 10.1. The summed E-state index contributed by atoms with van der Waals surface area (Å²) in [4.78, 5) is 1.20. The molecule has 84 valence electrons. The number of phenolic OH excluding ortho intramolecular Hbond substituents is 1. The molecule has 0 aliphatic rings. The number of aromatic hydroxyl groups is 1. The summed E-state index contributed by atoms with van der Waals surface area (Å²) in [5, 5.41) is 18.2. The van der Waals surface area contributed by atoms with Gasteiger partial charge in [0, 0.05) is 11.5 Å². The first kappa shape index (κ1) is 12.4. The van der Waals surface area contributed by atoms with Crippen molar-refractivity contribution < 1.29 is 10.2 Å². The van der Waals surface area contributed by atoms with E-state index in [0.717, 1.165) is 29.7 Å². The van der Waals surface area contributed by atoms with Crippen LogP contribution in [0.5, 0.6) is 5.75 Å². The molecule has 0 unspecified atom stereocenters. The van der Waals surface area contributed by atoms with Crippen LogP contribution in [0.4, 0.5) is 0 Å². The average Bonchev–Trinajstić information content (AvgIpc) is 2.21. The standard InChI is InChI=1S/C12H18O2S/c1-9-7-11(8-10(2)12(9)14)15-6-4-3-5-13/h7-8,13-14H,3-6H2,1-2H3. The molecule has 0 atom stereocenters. The van der Waals surface area contributed by atoms with Crippen LogP contribution in [0.15, 0.2) is 17.0 Å². The molecule has 0 saturated heterocycles. The highest BCUT2D eigenvalue weighted by atomic mass is 32.2. The molecule has 0 saturated carbocycles. The number of phenols is 1. The Morgan fingerprint density at radius 2 is 1.73 bits per heavy atom. The fourth-order valence-corrected chi connectivity index (χ4v) is 2.51. The lowest BCUT2D eigenvalue weighted by Gasteiger charge is -2.07. The minimum Gasteiger partial charge on any atom is -0.507 e. The van der Waals surface area contributed by atoms with Crippen LogP contribution in [0.25, 0.3) is 0 Å². The van der Waals surface area contributed by atoms with E-state index in [1.165, 1.54) is 4.90 Å². The van der Waals surface area contributed by atoms with Crippen molar-refractivity contribution in [1.82, 2.24) is 0 Å². The van der Waals surface area contributed by atoms with Crippen molar-refractivity contribution in [3.05, 3.63) is 23.3 Å². The topological polar surface area (TPSA) is 40.5 Å². The molecule has 1 aromatic rings. The molecule has 1 aromatic carbocycles. The molecule has 0 aliphatic heterocycles. The molecule has 0 spiro atoms. The number of aliphatic hydroxyl groups is 1. The van der Waals surface area contributed by atoms with Gasteiger partial charge in [-0.2, -0.15) is 0 Å². The van der Waals surface area contributed by atoms with E-state index >= 15 is 0 Å². The summed E-state index contributed by atoms with van der Waals surface area (Å²) in [7, 11) is 0. The van der Waals surface area contributed by atoms with Crippen molar-refractivity contribution >= 4 is 11.8 Å². The highest BCUT2D eigenvalue weighted by molar-refractivity contribution is 7.99. The second-order valence-corrected chi connectivity index (χ2v) is 4.85. The maximum atomic E-state index is 9.60. The highest BCUT2D eigenvalue weighted by Crippen LogP contribution is 2.28. The Kier molecular flexibility index (Phi) is 4.99. The Morgan fingerprint density at radius 1 is 1.13 bits per heavy atom. The van der Waals surface area contributed by atoms with E-state index in [4.69, 9.17) is 5.11 Å². The molecule has 0 aliphatic carbocycles. The van der Waals surface area contributed by atoms with Gasteiger partial charge in [0.2, 0.25) is 0 Å². The number of unbranched alkanes of at least 4 members (excludes halogenated alkanes) is 1. The van der Waals surface area contributed by atoms with Crippen LogP contribution in [0.2, 0.25) is 0 Å². The summed E-state index contributed by atoms with van der Waals surface area (Å²) >= 11 is 1.78. The zero-order valence-electron chi connectivity index (χ0n) is 9.29. The molecule has 0 heterocycles. The van der Waals surface area contributed by atoms with Crippen LogP contribution < -0.4 is 0 Å². The van der Waals surface area contributed by atoms with Crippen LogP contribution in [0.1, 0.15) is 24.0 Å². The van der Waals surface area contributed by atoms with E-state index in [-0.39, 0.29) is 6.61 Å². The largest absolute Gasteiger partial charge is 0.507 e. The fraction of sp³-hybridized carbons (Fsp3) is 0.500. The number of thioether (sulfide) groups is 1. The number of hydrogen-bond donors (Lipinski definition) is 2. The van der Waals surface area contributed by atoms with E-state index in [9.17, 15) is 5.11 Å². The monoisotopic (exact) mass is 226 g/mol. The zero-order chi connectivity index (χ0) is 11.3. The second-order valence-electron chi connectivity index (χ2n) is 3.68. The van der Waals surface area contributed by atoms with Gasteiger partial charge >= 0.3 is 0 Å². The Labute approximate surface area is 95.3 Å². The van der Waals surface area contributed by atoms with E-state index in [2.05, 4.69) is 0 Å². The summed E-state index contributed by atoms with van der Waals surface area (Å²) in [5.74, 6) is 1.42. The van der Waals surface area contributed by atoms with Crippen LogP contribution in [-0.2, 0) is 0 Å². The van der Waals surface area contributed by atoms with Crippen molar-refractivity contribution in [3.8, 4) is 5.75 Å². The van der Waals surface area contributed by atoms with Crippen molar-refractivity contribution in [2.45, 2.75) is 31.6 Å². The minimum atomic E-state index is 0.272. The molecular formula is C12H18O2S. The molecule has 1 rings (SSSR count). The van der Waals surface area contributed by atoms with Gasteiger partial charge < -0.3 is 10.2 Å². The molecule has 0 aromatic heterocycles. The normalized spacial score (nSPS) is 10.6. The lowest BCUT2D eigenvalue weighted by atomic mass is 10.1. The smallest absolute Gasteiger partial charge is 0.121 e. The third-order valence-electron chi connectivity index (χ3n) is 2.29. The molecular weight excluding hydrogens is 208 g/mol. The van der Waals surface area contributed by atoms with Crippen molar-refractivity contribution in [1.29, 1.82) is 0 Å². The summed E-state index contributed by atoms with van der Waals surface area (Å²) in [6, 6.07) is 4.01. The first-order valence-corrected chi connectivity index (χ1v) is 6.17. The lowest BCUT2D eigenvalue weighted by Crippen LogP contribution is -1.87. The Bertz CT molecular complexity index is 300. The maximum absolute atomic E-state index is 9.60. The van der Waals surface area contributed by atoms with E-state index in [1.807, 2.05) is 26.0 Å². The minimum absolute atomic E-state index is 0.272. The van der Waals surface area contributed by atoms with Crippen LogP contribution in [0.3, 0.4) is 0 Å². The first-order valence-electron chi connectivity index (χ1n) is 5.19. The average molecular weight is 226 g/mol. The third kappa shape index (κ3) is 3.76. The van der Waals surface area contributed by atoms with Gasteiger partial charge in [-0.05, 0) is 55.7 Å². The summed E-state index contributed by atoms with van der Waals surface area (Å²) in [6.07, 6.45) is 1.89. The van der Waals surface area contributed by atoms with Crippen molar-refractivity contribution in [2.24, 2.45) is 0 Å². The Hall–Kier alpha value is -0.670. The second kappa shape index (κ2) is 6.03. The lowest BCUT2D eigenvalue weighted by molar-refractivity contribution is 0.287. The summed E-state index contributed by atoms with van der Waals surface area (Å²) in [6.45, 7) is 4.11. The van der Waals surface area contributed by atoms with Gasteiger partial charge in [0.1, 0.15) is 5.75 Å². The third-order valence-corrected chi connectivity index (χ3v) is 3.35. The fourth-order valence-electron chi connectivity index (χ4n) is 1.40. The quantitative estimate of drug-likeness (QED) is 0.599. The predicted molar refractivity (Wildman–Crippen MR) is 64.6 cm³/mol. The number of hydrogen-bond acceptors (Lipinski definition) is 3. The Balaban J connectivity index is 2.55. The van der Waals surface area contributed by atoms with Crippen molar-refractivity contribution in [2.75, 3.05) is 12.4 Å². The molecule has 3 heteroatoms. The van der Waals surface area contributed by atoms with Gasteiger partial charge in [-0.1, -0.05) is 0 Å². The van der Waals surface area contributed by atoms with Gasteiger partial charge in [-0.3, -0.25) is 0 Å². The molecule has 15 heavy (non-hydrogen) atoms. The van der Waals surface area contributed by atoms with Crippen molar-refractivity contribution in [3.63, 3.8) is 0 Å². The van der Waals surface area contributed by atoms with E-state index in [0.29, 0.717) is 5.75 Å². The maximum Gasteiger partial charge on any atom is 0.121 e. The van der Waals surface area contributed by atoms with Gasteiger partial charge in [0.15, 0.2) is 0 Å². The van der Waals surface area contributed by atoms with Gasteiger partial charge in [-0.25, -0.2) is 0 Å². The molecule has 2 nitrogen and oxygen atoms in total. The van der Waals surface area contributed by atoms with Gasteiger partial charge in [0.25, 0.3) is 0 Å². The van der Waals surface area contributed by atoms with E-state index < -0.39 is 0 Å². The molecule has 2 N–H and O–H groups in total. The van der Waals surface area contributed by atoms with Gasteiger partial charge in [0.05, 0.1) is 0 Å². The number of aliphatic hydroxyl groups excluding tert-OH is 1. The molecule has 0 bridgehead atoms. The molecule has 0 fully saturated rings. The number of aryl methyl sites for hydroxylation is 2. The number of benzene rings is 1.